The minimum atomic E-state index is -0.155. The van der Waals surface area contributed by atoms with Crippen LogP contribution in [0.25, 0.3) is 0 Å². The van der Waals surface area contributed by atoms with E-state index >= 15 is 0 Å². The van der Waals surface area contributed by atoms with Crippen molar-refractivity contribution < 1.29 is 9.59 Å². The molecule has 0 aliphatic rings. The second-order valence-electron chi connectivity index (χ2n) is 11.8. The molecular formula is C36H72N2O2. The molecule has 40 heavy (non-hydrogen) atoms. The molecular weight excluding hydrogens is 492 g/mol. The Balaban J connectivity index is 0. The van der Waals surface area contributed by atoms with E-state index in [1.165, 1.54) is 148 Å². The van der Waals surface area contributed by atoms with Gasteiger partial charge in [0.25, 0.3) is 0 Å². The minimum absolute atomic E-state index is 0.155. The highest BCUT2D eigenvalue weighted by atomic mass is 16.1. The van der Waals surface area contributed by atoms with E-state index in [1.807, 2.05) is 0 Å². The minimum Gasteiger partial charge on any atom is -0.370 e. The van der Waals surface area contributed by atoms with Gasteiger partial charge in [0.1, 0.15) is 0 Å². The van der Waals surface area contributed by atoms with Gasteiger partial charge in [-0.05, 0) is 38.5 Å². The Kier molecular flexibility index (Phi) is 38.5. The van der Waals surface area contributed by atoms with Gasteiger partial charge in [-0.3, -0.25) is 9.59 Å². The molecule has 0 radical (unpaired) electrons. The van der Waals surface area contributed by atoms with Gasteiger partial charge in [-0.25, -0.2) is 0 Å². The van der Waals surface area contributed by atoms with Gasteiger partial charge in [-0.2, -0.15) is 0 Å². The van der Waals surface area contributed by atoms with Crippen molar-refractivity contribution in [3.8, 4) is 0 Å². The van der Waals surface area contributed by atoms with Crippen LogP contribution in [-0.2, 0) is 9.59 Å². The summed E-state index contributed by atoms with van der Waals surface area (Å²) in [7, 11) is 0. The molecule has 0 fully saturated rings. The summed E-state index contributed by atoms with van der Waals surface area (Å²) < 4.78 is 0. The lowest BCUT2D eigenvalue weighted by atomic mass is 10.0. The van der Waals surface area contributed by atoms with Crippen LogP contribution >= 0.6 is 0 Å². The number of primary amides is 1. The number of nitrogens with two attached hydrogens (primary N) is 1. The molecule has 3 N–H and O–H groups in total. The number of unbranched alkanes of at least 4 members (excludes halogenated alkanes) is 22. The van der Waals surface area contributed by atoms with Crippen LogP contribution in [0.5, 0.6) is 0 Å². The Labute approximate surface area is 251 Å². The third kappa shape index (κ3) is 41.2. The second-order valence-corrected chi connectivity index (χ2v) is 11.8. The number of allylic oxidation sites excluding steroid dienone is 2. The number of carbonyl (C=O) groups is 2. The van der Waals surface area contributed by atoms with E-state index in [0.717, 1.165) is 25.8 Å². The van der Waals surface area contributed by atoms with E-state index in [1.54, 1.807) is 0 Å². The van der Waals surface area contributed by atoms with Crippen molar-refractivity contribution >= 4 is 11.8 Å². The quantitative estimate of drug-likeness (QED) is 0.0672. The molecule has 0 rings (SSSR count). The van der Waals surface area contributed by atoms with Crippen molar-refractivity contribution in [2.24, 2.45) is 5.73 Å². The molecule has 0 aromatic carbocycles. The zero-order chi connectivity index (χ0) is 29.8. The fraction of sp³-hybridized carbons (Fsp3) is 0.889. The summed E-state index contributed by atoms with van der Waals surface area (Å²) in [6.07, 6.45) is 39.4. The first kappa shape index (κ1) is 40.8. The van der Waals surface area contributed by atoms with Crippen LogP contribution in [0.2, 0.25) is 0 Å². The normalized spacial score (nSPS) is 11.0. The number of rotatable bonds is 30. The Hall–Kier alpha value is -1.32. The maximum atomic E-state index is 11.6. The van der Waals surface area contributed by atoms with Gasteiger partial charge in [0.15, 0.2) is 0 Å². The summed E-state index contributed by atoms with van der Waals surface area (Å²) in [5.74, 6) is 0.0911. The molecule has 238 valence electrons. The van der Waals surface area contributed by atoms with Gasteiger partial charge < -0.3 is 11.1 Å². The van der Waals surface area contributed by atoms with Gasteiger partial charge in [0.2, 0.25) is 11.8 Å². The van der Waals surface area contributed by atoms with Crippen LogP contribution in [0, 0.1) is 0 Å². The van der Waals surface area contributed by atoms with Gasteiger partial charge in [0.05, 0.1) is 0 Å². The van der Waals surface area contributed by atoms with E-state index in [4.69, 9.17) is 5.73 Å². The molecule has 0 saturated heterocycles. The second kappa shape index (κ2) is 37.7. The summed E-state index contributed by atoms with van der Waals surface area (Å²) in [6, 6.07) is 0. The summed E-state index contributed by atoms with van der Waals surface area (Å²) >= 11 is 0. The molecule has 0 saturated carbocycles. The molecule has 0 aliphatic carbocycles. The highest BCUT2D eigenvalue weighted by Gasteiger charge is 2.00. The summed E-state index contributed by atoms with van der Waals surface area (Å²) in [6.45, 7) is 7.58. The first-order chi connectivity index (χ1) is 19.6. The van der Waals surface area contributed by atoms with Crippen molar-refractivity contribution in [2.45, 2.75) is 201 Å². The van der Waals surface area contributed by atoms with Gasteiger partial charge >= 0.3 is 0 Å². The van der Waals surface area contributed by atoms with E-state index in [0.29, 0.717) is 12.8 Å². The molecule has 0 aromatic rings. The Morgan fingerprint density at radius 3 is 1.32 bits per heavy atom. The lowest BCUT2D eigenvalue weighted by Crippen LogP contribution is -2.23. The van der Waals surface area contributed by atoms with Crippen LogP contribution in [0.15, 0.2) is 12.2 Å². The van der Waals surface area contributed by atoms with Gasteiger partial charge in [0, 0.05) is 19.4 Å². The molecule has 0 aliphatic heterocycles. The molecule has 0 spiro atoms. The maximum absolute atomic E-state index is 11.6. The van der Waals surface area contributed by atoms with Crippen molar-refractivity contribution in [3.05, 3.63) is 12.2 Å². The van der Waals surface area contributed by atoms with Crippen molar-refractivity contribution in [3.63, 3.8) is 0 Å². The standard InChI is InChI=1S/C20H39NO.C16H33NO/c1-3-5-7-9-10-11-12-13-14-15-16-18-20(22)21-19-17-8-6-4-2;1-2-3-4-5-6-7-8-9-10-11-12-13-14-15-16(17)18/h9-10H,3-8,11-19H2,1-2H3,(H,21,22);2-15H2,1H3,(H2,17,18)/b10-9-;. The molecule has 4 nitrogen and oxygen atoms in total. The predicted octanol–water partition coefficient (Wildman–Crippen LogP) is 11.1. The number of carbonyl (C=O) groups excluding carboxylic acids is 2. The Morgan fingerprint density at radius 1 is 0.475 bits per heavy atom. The van der Waals surface area contributed by atoms with Crippen molar-refractivity contribution in [1.82, 2.24) is 5.32 Å². The van der Waals surface area contributed by atoms with E-state index < -0.39 is 0 Å². The zero-order valence-electron chi connectivity index (χ0n) is 27.6. The van der Waals surface area contributed by atoms with Crippen molar-refractivity contribution in [1.29, 1.82) is 0 Å². The number of amides is 2. The zero-order valence-corrected chi connectivity index (χ0v) is 27.6. The fourth-order valence-electron chi connectivity index (χ4n) is 4.82. The molecule has 0 unspecified atom stereocenters. The van der Waals surface area contributed by atoms with E-state index in [9.17, 15) is 9.59 Å². The van der Waals surface area contributed by atoms with Crippen molar-refractivity contribution in [2.75, 3.05) is 6.54 Å². The average molecular weight is 565 g/mol. The SMILES string of the molecule is CCCC/C=C\CCCCCCCC(=O)NCCCCCC.CCCCCCCCCCCCCCCC(N)=O. The van der Waals surface area contributed by atoms with Crippen LogP contribution in [-0.4, -0.2) is 18.4 Å². The van der Waals surface area contributed by atoms with Crippen LogP contribution in [0.1, 0.15) is 201 Å². The topological polar surface area (TPSA) is 72.2 Å². The van der Waals surface area contributed by atoms with E-state index in [-0.39, 0.29) is 11.8 Å². The molecule has 2 amide bonds. The summed E-state index contributed by atoms with van der Waals surface area (Å²) in [5.41, 5.74) is 5.09. The smallest absolute Gasteiger partial charge is 0.219 e. The fourth-order valence-corrected chi connectivity index (χ4v) is 4.82. The van der Waals surface area contributed by atoms with Crippen LogP contribution in [0.4, 0.5) is 0 Å². The average Bonchev–Trinajstić information content (AvgIpc) is 2.94. The van der Waals surface area contributed by atoms with Crippen LogP contribution in [0.3, 0.4) is 0 Å². The highest BCUT2D eigenvalue weighted by molar-refractivity contribution is 5.75. The largest absolute Gasteiger partial charge is 0.370 e. The maximum Gasteiger partial charge on any atom is 0.219 e. The number of nitrogens with one attached hydrogen (secondary N) is 1. The third-order valence-corrected chi connectivity index (χ3v) is 7.54. The molecule has 0 bridgehead atoms. The Bertz CT molecular complexity index is 533. The first-order valence-corrected chi connectivity index (χ1v) is 17.8. The highest BCUT2D eigenvalue weighted by Crippen LogP contribution is 2.13. The monoisotopic (exact) mass is 565 g/mol. The lowest BCUT2D eigenvalue weighted by Gasteiger charge is -2.05. The third-order valence-electron chi connectivity index (χ3n) is 7.54. The number of hydrogen-bond donors (Lipinski definition) is 2. The molecule has 0 heterocycles. The summed E-state index contributed by atoms with van der Waals surface area (Å²) in [5, 5.41) is 3.03. The summed E-state index contributed by atoms with van der Waals surface area (Å²) in [4.78, 5) is 22.1. The van der Waals surface area contributed by atoms with E-state index in [2.05, 4.69) is 38.2 Å². The molecule has 0 aromatic heterocycles. The number of hydrogen-bond acceptors (Lipinski definition) is 2. The molecule has 0 atom stereocenters. The first-order valence-electron chi connectivity index (χ1n) is 17.8. The Morgan fingerprint density at radius 2 is 0.850 bits per heavy atom. The van der Waals surface area contributed by atoms with Gasteiger partial charge in [-0.15, -0.1) is 0 Å². The van der Waals surface area contributed by atoms with Gasteiger partial charge in [-0.1, -0.05) is 161 Å². The lowest BCUT2D eigenvalue weighted by molar-refractivity contribution is -0.121. The predicted molar refractivity (Wildman–Crippen MR) is 178 cm³/mol. The van der Waals surface area contributed by atoms with Crippen LogP contribution < -0.4 is 11.1 Å². The molecule has 4 heteroatoms.